The second-order valence-corrected chi connectivity index (χ2v) is 4.97. The van der Waals surface area contributed by atoms with Gasteiger partial charge in [0, 0.05) is 23.4 Å². The van der Waals surface area contributed by atoms with Crippen molar-refractivity contribution in [1.29, 1.82) is 0 Å². The molecule has 6 N–H and O–H groups in total. The van der Waals surface area contributed by atoms with E-state index in [-0.39, 0.29) is 17.3 Å². The van der Waals surface area contributed by atoms with Gasteiger partial charge in [0.15, 0.2) is 11.5 Å². The van der Waals surface area contributed by atoms with Gasteiger partial charge < -0.3 is 16.0 Å². The van der Waals surface area contributed by atoms with Crippen LogP contribution >= 0.6 is 0 Å². The van der Waals surface area contributed by atoms with E-state index >= 15 is 0 Å². The maximum atomic E-state index is 13.9. The van der Waals surface area contributed by atoms with Gasteiger partial charge in [0.05, 0.1) is 12.5 Å². The normalized spacial score (nSPS) is 11.7. The van der Waals surface area contributed by atoms with Crippen LogP contribution in [0.4, 0.5) is 20.3 Å². The van der Waals surface area contributed by atoms with Crippen LogP contribution in [0.25, 0.3) is 11.1 Å². The highest BCUT2D eigenvalue weighted by molar-refractivity contribution is 5.97. The molecule has 1 aromatic carbocycles. The first-order valence-electron chi connectivity index (χ1n) is 6.95. The number of hydrogen-bond donors (Lipinski definition) is 3. The Bertz CT molecular complexity index is 893. The van der Waals surface area contributed by atoms with E-state index in [1.807, 2.05) is 0 Å². The van der Waals surface area contributed by atoms with Gasteiger partial charge >= 0.3 is 0 Å². The molecular weight excluding hydrogens is 316 g/mol. The summed E-state index contributed by atoms with van der Waals surface area (Å²) in [7, 11) is 0. The summed E-state index contributed by atoms with van der Waals surface area (Å²) in [5.41, 5.74) is 7.80. The first kappa shape index (κ1) is 15.6. The summed E-state index contributed by atoms with van der Waals surface area (Å²) in [6.45, 7) is 0. The van der Waals surface area contributed by atoms with Gasteiger partial charge in [-0.15, -0.1) is 5.10 Å². The summed E-state index contributed by atoms with van der Waals surface area (Å²) >= 11 is 0. The maximum absolute atomic E-state index is 13.9. The molecule has 3 aromatic rings. The van der Waals surface area contributed by atoms with Crippen LogP contribution in [0.5, 0.6) is 0 Å². The average Bonchev–Trinajstić information content (AvgIpc) is 3.11. The van der Waals surface area contributed by atoms with E-state index in [1.165, 1.54) is 23.7 Å². The van der Waals surface area contributed by atoms with Crippen LogP contribution in [-0.2, 0) is 0 Å². The number of amidine groups is 1. The number of nitrogens with zero attached hydrogens (tertiary/aromatic N) is 2. The van der Waals surface area contributed by atoms with Crippen molar-refractivity contribution in [2.24, 2.45) is 10.9 Å². The molecule has 0 saturated heterocycles. The molecule has 8 heteroatoms. The first-order chi connectivity index (χ1) is 11.6. The second kappa shape index (κ2) is 6.47. The Morgan fingerprint density at radius 2 is 2.04 bits per heavy atom. The monoisotopic (exact) mass is 330 g/mol. The quantitative estimate of drug-likeness (QED) is 0.223. The van der Waals surface area contributed by atoms with E-state index in [0.717, 1.165) is 17.2 Å². The minimum absolute atomic E-state index is 0.00677. The summed E-state index contributed by atoms with van der Waals surface area (Å²) in [5, 5.41) is 4.95. The fraction of sp³-hybridized carbons (Fsp3) is 0. The Morgan fingerprint density at radius 1 is 1.21 bits per heavy atom. The van der Waals surface area contributed by atoms with Crippen molar-refractivity contribution in [2.75, 3.05) is 5.73 Å². The number of quaternary nitrogens is 1. The standard InChI is InChI=1S/C16H13F2N5O/c17-12-2-1-3-13(14(12)18)22-16(23-20)11-6-10(7-21-15(11)19)9-4-5-24-8-9/h1-8H,20H2,(H2,19,21)(H,22,23)/p+1. The predicted molar refractivity (Wildman–Crippen MR) is 85.0 cm³/mol. The number of rotatable bonds is 3. The fourth-order valence-corrected chi connectivity index (χ4v) is 2.23. The van der Waals surface area contributed by atoms with Crippen molar-refractivity contribution in [2.45, 2.75) is 0 Å². The molecule has 2 aromatic heterocycles. The van der Waals surface area contributed by atoms with Crippen molar-refractivity contribution in [3.63, 3.8) is 0 Å². The van der Waals surface area contributed by atoms with Gasteiger partial charge in [-0.3, -0.25) is 5.32 Å². The summed E-state index contributed by atoms with van der Waals surface area (Å²) in [6.07, 6.45) is 4.64. The summed E-state index contributed by atoms with van der Waals surface area (Å²) in [6, 6.07) is 7.29. The number of halogens is 2. The number of aromatic nitrogens is 1. The van der Waals surface area contributed by atoms with Gasteiger partial charge in [0.25, 0.3) is 5.84 Å². The lowest BCUT2D eigenvalue weighted by atomic mass is 10.1. The minimum Gasteiger partial charge on any atom is -0.472 e. The summed E-state index contributed by atoms with van der Waals surface area (Å²) < 4.78 is 32.2. The Morgan fingerprint density at radius 3 is 2.75 bits per heavy atom. The largest absolute Gasteiger partial charge is 0.472 e. The van der Waals surface area contributed by atoms with Crippen molar-refractivity contribution in [3.05, 3.63) is 66.3 Å². The van der Waals surface area contributed by atoms with Gasteiger partial charge in [-0.25, -0.2) is 9.37 Å². The van der Waals surface area contributed by atoms with Crippen molar-refractivity contribution in [1.82, 2.24) is 4.98 Å². The molecule has 0 saturated carbocycles. The zero-order valence-corrected chi connectivity index (χ0v) is 12.4. The molecule has 0 fully saturated rings. The van der Waals surface area contributed by atoms with Gasteiger partial charge in [-0.1, -0.05) is 6.07 Å². The molecule has 0 radical (unpaired) electrons. The van der Waals surface area contributed by atoms with Gasteiger partial charge in [-0.2, -0.15) is 4.39 Å². The fourth-order valence-electron chi connectivity index (χ4n) is 2.23. The third-order valence-electron chi connectivity index (χ3n) is 3.46. The van der Waals surface area contributed by atoms with Crippen molar-refractivity contribution >= 4 is 17.3 Å². The molecule has 0 spiro atoms. The van der Waals surface area contributed by atoms with E-state index in [1.54, 1.807) is 24.6 Å². The average molecular weight is 330 g/mol. The number of benzene rings is 1. The van der Waals surface area contributed by atoms with Gasteiger partial charge in [0.1, 0.15) is 11.4 Å². The van der Waals surface area contributed by atoms with E-state index < -0.39 is 11.6 Å². The molecule has 24 heavy (non-hydrogen) atoms. The number of hydrazone groups is 1. The Hall–Kier alpha value is -3.26. The third-order valence-corrected chi connectivity index (χ3v) is 3.46. The van der Waals surface area contributed by atoms with Crippen LogP contribution < -0.4 is 16.9 Å². The van der Waals surface area contributed by atoms with Gasteiger partial charge in [-0.05, 0) is 18.2 Å². The summed E-state index contributed by atoms with van der Waals surface area (Å²) in [5.74, 6) is 3.81. The van der Waals surface area contributed by atoms with Crippen LogP contribution in [0.3, 0.4) is 0 Å². The first-order valence-corrected chi connectivity index (χ1v) is 6.95. The molecule has 0 aliphatic carbocycles. The van der Waals surface area contributed by atoms with E-state index in [9.17, 15) is 8.78 Å². The predicted octanol–water partition coefficient (Wildman–Crippen LogP) is 1.72. The van der Waals surface area contributed by atoms with E-state index in [4.69, 9.17) is 16.0 Å². The zero-order chi connectivity index (χ0) is 17.1. The van der Waals surface area contributed by atoms with Crippen LogP contribution in [0, 0.1) is 11.6 Å². The molecule has 0 amide bonds. The van der Waals surface area contributed by atoms with Crippen LogP contribution in [0.15, 0.2) is 58.6 Å². The zero-order valence-electron chi connectivity index (χ0n) is 12.4. The molecule has 0 aliphatic rings. The summed E-state index contributed by atoms with van der Waals surface area (Å²) in [4.78, 5) is 4.10. The van der Waals surface area contributed by atoms with E-state index in [0.29, 0.717) is 5.56 Å². The minimum atomic E-state index is -0.990. The molecule has 3 rings (SSSR count). The lowest BCUT2D eigenvalue weighted by Gasteiger charge is -2.08. The Balaban J connectivity index is 1.99. The van der Waals surface area contributed by atoms with E-state index in [2.05, 4.69) is 10.1 Å². The molecule has 2 heterocycles. The number of pyridine rings is 1. The molecule has 122 valence electrons. The smallest absolute Gasteiger partial charge is 0.256 e. The second-order valence-electron chi connectivity index (χ2n) is 4.97. The molecule has 0 bridgehead atoms. The topological polar surface area (TPSA) is 107 Å². The molecule has 6 nitrogen and oxygen atoms in total. The highest BCUT2D eigenvalue weighted by atomic mass is 19.2. The lowest BCUT2D eigenvalue weighted by Crippen LogP contribution is -2.83. The molecule has 0 unspecified atom stereocenters. The molecule has 0 aliphatic heterocycles. The SMILES string of the molecule is NN=C([NH2+]c1cccc(F)c1F)c1cc(-c2ccoc2)cnc1N. The van der Waals surface area contributed by atoms with Crippen LogP contribution in [0.1, 0.15) is 5.56 Å². The maximum Gasteiger partial charge on any atom is 0.256 e. The number of nitrogens with two attached hydrogens (primary N) is 3. The third kappa shape index (κ3) is 2.95. The highest BCUT2D eigenvalue weighted by Gasteiger charge is 2.19. The number of hydrogen-bond acceptors (Lipinski definition) is 5. The lowest BCUT2D eigenvalue weighted by molar-refractivity contribution is -0.445. The van der Waals surface area contributed by atoms with Crippen molar-refractivity contribution in [3.8, 4) is 11.1 Å². The van der Waals surface area contributed by atoms with Crippen LogP contribution in [0.2, 0.25) is 0 Å². The number of furan rings is 1. The Kier molecular flexibility index (Phi) is 4.21. The molecular formula is C16H14F2N5O+. The van der Waals surface area contributed by atoms with Crippen molar-refractivity contribution < 1.29 is 18.5 Å². The Labute approximate surface area is 135 Å². The van der Waals surface area contributed by atoms with Gasteiger partial charge in [0.2, 0.25) is 5.82 Å². The number of nitrogen functional groups attached to an aromatic ring is 1. The molecule has 0 atom stereocenters. The highest BCUT2D eigenvalue weighted by Crippen LogP contribution is 2.22. The number of anilines is 1. The van der Waals surface area contributed by atoms with Crippen LogP contribution in [-0.4, -0.2) is 10.8 Å².